The summed E-state index contributed by atoms with van der Waals surface area (Å²) in [5.74, 6) is -1.29. The van der Waals surface area contributed by atoms with Crippen molar-refractivity contribution in [3.8, 4) is 0 Å². The number of rotatable bonds is 27. The van der Waals surface area contributed by atoms with Gasteiger partial charge in [-0.2, -0.15) is 0 Å². The van der Waals surface area contributed by atoms with Crippen molar-refractivity contribution in [2.24, 2.45) is 11.8 Å². The number of imide groups is 1. The lowest BCUT2D eigenvalue weighted by molar-refractivity contribution is -0.184. The predicted molar refractivity (Wildman–Crippen MR) is 167 cm³/mol. The van der Waals surface area contributed by atoms with Crippen molar-refractivity contribution in [2.75, 3.05) is 72.9 Å². The van der Waals surface area contributed by atoms with E-state index in [1.54, 1.807) is 13.8 Å². The van der Waals surface area contributed by atoms with Crippen molar-refractivity contribution in [2.45, 2.75) is 71.7 Å². The number of hydrogen-bond acceptors (Lipinski definition) is 11. The van der Waals surface area contributed by atoms with E-state index in [1.165, 1.54) is 7.11 Å². The van der Waals surface area contributed by atoms with E-state index in [0.717, 1.165) is 4.90 Å². The number of carbonyl (C=O) groups is 5. The summed E-state index contributed by atoms with van der Waals surface area (Å²) >= 11 is 0. The molecule has 0 saturated carbocycles. The molecule has 0 radical (unpaired) electrons. The van der Waals surface area contributed by atoms with Gasteiger partial charge in [-0.1, -0.05) is 27.4 Å². The summed E-state index contributed by atoms with van der Waals surface area (Å²) < 4.78 is 27.1. The van der Waals surface area contributed by atoms with E-state index in [2.05, 4.69) is 22.5 Å². The van der Waals surface area contributed by atoms with Crippen LogP contribution in [0, 0.1) is 11.8 Å². The van der Waals surface area contributed by atoms with Crippen molar-refractivity contribution in [1.82, 2.24) is 20.9 Å². The first-order valence-electron chi connectivity index (χ1n) is 15.9. The van der Waals surface area contributed by atoms with Crippen LogP contribution in [0.2, 0.25) is 0 Å². The van der Waals surface area contributed by atoms with E-state index in [0.29, 0.717) is 44.7 Å². The zero-order chi connectivity index (χ0) is 34.3. The van der Waals surface area contributed by atoms with E-state index in [4.69, 9.17) is 23.7 Å². The van der Waals surface area contributed by atoms with Gasteiger partial charge in [-0.3, -0.25) is 28.9 Å². The number of amides is 5. The molecule has 5 amide bonds. The molecule has 0 spiro atoms. The Morgan fingerprint density at radius 1 is 0.848 bits per heavy atom. The van der Waals surface area contributed by atoms with E-state index in [9.17, 15) is 29.1 Å². The van der Waals surface area contributed by atoms with Gasteiger partial charge in [0, 0.05) is 70.8 Å². The first kappa shape index (κ1) is 40.9. The maximum Gasteiger partial charge on any atom is 0.232 e. The molecule has 4 N–H and O–H groups in total. The van der Waals surface area contributed by atoms with Crippen LogP contribution in [0.4, 0.5) is 0 Å². The summed E-state index contributed by atoms with van der Waals surface area (Å²) in [7, 11) is 1.49. The number of nitrogens with one attached hydrogen (secondary N) is 3. The van der Waals surface area contributed by atoms with Gasteiger partial charge in [0.1, 0.15) is 6.61 Å². The number of allylic oxidation sites excluding steroid dienone is 1. The fraction of sp³-hybridized carbons (Fsp3) is 0.774. The van der Waals surface area contributed by atoms with Crippen LogP contribution in [0.1, 0.15) is 59.3 Å². The van der Waals surface area contributed by atoms with Crippen LogP contribution < -0.4 is 16.0 Å². The smallest absolute Gasteiger partial charge is 0.232 e. The number of aliphatic hydroxyl groups excluding tert-OH is 1. The highest BCUT2D eigenvalue weighted by Gasteiger charge is 2.41. The minimum Gasteiger partial charge on any atom is -0.493 e. The van der Waals surface area contributed by atoms with Crippen LogP contribution in [0.25, 0.3) is 0 Å². The molecule has 1 fully saturated rings. The molecule has 15 nitrogen and oxygen atoms in total. The monoisotopic (exact) mass is 658 g/mol. The van der Waals surface area contributed by atoms with Crippen molar-refractivity contribution < 1.29 is 52.8 Å². The molecule has 15 heteroatoms. The summed E-state index contributed by atoms with van der Waals surface area (Å²) in [5.41, 5.74) is 0. The predicted octanol–water partition coefficient (Wildman–Crippen LogP) is 0.250. The van der Waals surface area contributed by atoms with Gasteiger partial charge in [-0.15, -0.1) is 0 Å². The minimum absolute atomic E-state index is 0.0434. The highest BCUT2D eigenvalue weighted by Crippen LogP contribution is 2.25. The average molecular weight is 659 g/mol. The molecule has 0 aromatic heterocycles. The molecular formula is C31H54N4O11. The summed E-state index contributed by atoms with van der Waals surface area (Å²) in [6, 6.07) is 0. The first-order valence-corrected chi connectivity index (χ1v) is 15.9. The first-order chi connectivity index (χ1) is 22.0. The molecule has 1 rings (SSSR count). The van der Waals surface area contributed by atoms with Crippen LogP contribution in [-0.4, -0.2) is 125 Å². The second kappa shape index (κ2) is 24.1. The fourth-order valence-corrected chi connectivity index (χ4v) is 4.23. The van der Waals surface area contributed by atoms with Gasteiger partial charge in [-0.05, 0) is 12.8 Å². The zero-order valence-corrected chi connectivity index (χ0v) is 27.8. The van der Waals surface area contributed by atoms with Gasteiger partial charge >= 0.3 is 0 Å². The summed E-state index contributed by atoms with van der Waals surface area (Å²) in [5, 5.41) is 17.4. The van der Waals surface area contributed by atoms with Crippen LogP contribution in [-0.2, 0) is 47.7 Å². The maximum absolute atomic E-state index is 12.1. The van der Waals surface area contributed by atoms with E-state index in [-0.39, 0.29) is 113 Å². The molecule has 1 aliphatic heterocycles. The van der Waals surface area contributed by atoms with Gasteiger partial charge in [-0.25, -0.2) is 0 Å². The second-order valence-electron chi connectivity index (χ2n) is 10.9. The molecule has 0 bridgehead atoms. The van der Waals surface area contributed by atoms with Crippen molar-refractivity contribution in [3.63, 3.8) is 0 Å². The lowest BCUT2D eigenvalue weighted by Crippen LogP contribution is -2.36. The summed E-state index contributed by atoms with van der Waals surface area (Å²) in [4.78, 5) is 61.2. The molecule has 0 aromatic carbocycles. The third kappa shape index (κ3) is 17.0. The Balaban J connectivity index is 1.95. The van der Waals surface area contributed by atoms with Crippen molar-refractivity contribution >= 4 is 29.5 Å². The number of methoxy groups -OCH3 is 1. The Morgan fingerprint density at radius 2 is 1.41 bits per heavy atom. The number of ether oxygens (including phenoxy) is 5. The van der Waals surface area contributed by atoms with Crippen molar-refractivity contribution in [3.05, 3.63) is 12.3 Å². The molecule has 264 valence electrons. The van der Waals surface area contributed by atoms with E-state index < -0.39 is 6.29 Å². The van der Waals surface area contributed by atoms with Crippen LogP contribution in [0.3, 0.4) is 0 Å². The van der Waals surface area contributed by atoms with Crippen LogP contribution in [0.15, 0.2) is 12.3 Å². The molecule has 46 heavy (non-hydrogen) atoms. The molecule has 0 aliphatic carbocycles. The standard InChI is InChI=1S/C31H54N4O11/c1-6-25(20-36)46-29(42-5)21-45-22(2)8-7-9-26(37)32-12-13-33-28(39)11-16-43-18-19-44-17-14-34-27(38)10-15-35-30(40)23(3)24(4)31(35)41/h23-25,29,36H,2,6-21H2,1,3-5H3,(H,32,37)(H,33,39)(H,34,38). The number of carbonyl (C=O) groups excluding carboxylic acids is 5. The van der Waals surface area contributed by atoms with Crippen LogP contribution in [0.5, 0.6) is 0 Å². The summed E-state index contributed by atoms with van der Waals surface area (Å²) in [6.45, 7) is 11.2. The van der Waals surface area contributed by atoms with Gasteiger partial charge in [0.05, 0.1) is 44.9 Å². The maximum atomic E-state index is 12.1. The summed E-state index contributed by atoms with van der Waals surface area (Å²) in [6.07, 6.45) is 1.22. The lowest BCUT2D eigenvalue weighted by Gasteiger charge is -2.22. The number of nitrogens with zero attached hydrogens (tertiary/aromatic N) is 1. The quantitative estimate of drug-likeness (QED) is 0.0410. The highest BCUT2D eigenvalue weighted by atomic mass is 16.7. The third-order valence-corrected chi connectivity index (χ3v) is 7.36. The Morgan fingerprint density at radius 3 is 2.00 bits per heavy atom. The average Bonchev–Trinajstić information content (AvgIpc) is 3.22. The normalized spacial score (nSPS) is 17.5. The Bertz CT molecular complexity index is 941. The SMILES string of the molecule is C=C(CCCC(=O)NCCNC(=O)CCOCCOCCNC(=O)CCN1C(=O)C(C)C(C)C1=O)OCC(OC)OC(CC)CO. The minimum atomic E-state index is -0.624. The van der Waals surface area contributed by atoms with E-state index >= 15 is 0 Å². The third-order valence-electron chi connectivity index (χ3n) is 7.36. The molecular weight excluding hydrogens is 604 g/mol. The van der Waals surface area contributed by atoms with Crippen molar-refractivity contribution in [1.29, 1.82) is 0 Å². The van der Waals surface area contributed by atoms with Gasteiger partial charge in [0.15, 0.2) is 6.29 Å². The Labute approximate surface area is 272 Å². The number of aliphatic hydroxyl groups is 1. The Hall–Kier alpha value is -3.11. The van der Waals surface area contributed by atoms with Crippen LogP contribution >= 0.6 is 0 Å². The molecule has 4 atom stereocenters. The zero-order valence-electron chi connectivity index (χ0n) is 27.8. The van der Waals surface area contributed by atoms with Gasteiger partial charge in [0.2, 0.25) is 29.5 Å². The molecule has 1 saturated heterocycles. The van der Waals surface area contributed by atoms with Gasteiger partial charge in [0.25, 0.3) is 0 Å². The largest absolute Gasteiger partial charge is 0.493 e. The Kier molecular flexibility index (Phi) is 21.5. The number of hydrogen-bond donors (Lipinski definition) is 4. The fourth-order valence-electron chi connectivity index (χ4n) is 4.23. The molecule has 1 aliphatic rings. The van der Waals surface area contributed by atoms with Gasteiger partial charge < -0.3 is 44.7 Å². The highest BCUT2D eigenvalue weighted by molar-refractivity contribution is 6.04. The van der Waals surface area contributed by atoms with E-state index in [1.807, 2.05) is 6.92 Å². The molecule has 4 unspecified atom stereocenters. The second-order valence-corrected chi connectivity index (χ2v) is 10.9. The molecule has 1 heterocycles. The topological polar surface area (TPSA) is 191 Å². The number of likely N-dealkylation sites (tertiary alicyclic amines) is 1. The molecule has 0 aromatic rings. The lowest BCUT2D eigenvalue weighted by atomic mass is 10.00.